The maximum atomic E-state index is 4.68. The average Bonchev–Trinajstić information content (AvgIpc) is 1.86. The Morgan fingerprint density at radius 3 is 2.83 bits per heavy atom. The maximum Gasteiger partial charge on any atom is 0.257 e. The average molecular weight is 87.1 g/mol. The Kier molecular flexibility index (Phi) is 0.670. The largest absolute Gasteiger partial charge is 0.439 e. The van der Waals surface area contributed by atoms with E-state index in [2.05, 4.69) is 14.7 Å². The van der Waals surface area contributed by atoms with Crippen LogP contribution < -0.4 is 0 Å². The van der Waals surface area contributed by atoms with Gasteiger partial charge in [0, 0.05) is 6.92 Å². The van der Waals surface area contributed by atoms with Crippen LogP contribution in [0.25, 0.3) is 0 Å². The molecule has 0 aromatic heterocycles. The second-order valence-electron chi connectivity index (χ2n) is 1.00. The van der Waals surface area contributed by atoms with Crippen LogP contribution in [0.1, 0.15) is 6.92 Å². The zero-order chi connectivity index (χ0) is 4.41. The molecule has 3 heteroatoms. The third-order valence-electron chi connectivity index (χ3n) is 0.514. The minimum Gasteiger partial charge on any atom is -0.439 e. The molecule has 0 spiro atoms. The van der Waals surface area contributed by atoms with Crippen molar-refractivity contribution in [1.82, 2.24) is 0 Å². The number of hydrogen-bond acceptors (Lipinski definition) is 3. The first-order valence-electron chi connectivity index (χ1n) is 1.69. The van der Waals surface area contributed by atoms with Crippen molar-refractivity contribution in [2.24, 2.45) is 5.16 Å². The standard InChI is InChI=1S/C3H5NO2/c1-3-4-6-2-5-3/h2H2,1H3. The summed E-state index contributed by atoms with van der Waals surface area (Å²) in [5.41, 5.74) is 0. The van der Waals surface area contributed by atoms with Gasteiger partial charge in [-0.05, 0) is 5.16 Å². The van der Waals surface area contributed by atoms with E-state index in [-0.39, 0.29) is 6.79 Å². The van der Waals surface area contributed by atoms with E-state index in [1.54, 1.807) is 6.92 Å². The fourth-order valence-electron chi connectivity index (χ4n) is 0.255. The summed E-state index contributed by atoms with van der Waals surface area (Å²) in [6.07, 6.45) is 0. The Morgan fingerprint density at radius 1 is 1.83 bits per heavy atom. The number of ether oxygens (including phenoxy) is 1. The predicted molar refractivity (Wildman–Crippen MR) is 20.1 cm³/mol. The Hall–Kier alpha value is -0.730. The minimum atomic E-state index is 0.284. The zero-order valence-corrected chi connectivity index (χ0v) is 3.47. The Balaban J connectivity index is 2.45. The van der Waals surface area contributed by atoms with Crippen LogP contribution in [0.2, 0.25) is 0 Å². The van der Waals surface area contributed by atoms with Crippen LogP contribution in [0.5, 0.6) is 0 Å². The van der Waals surface area contributed by atoms with Gasteiger partial charge >= 0.3 is 0 Å². The van der Waals surface area contributed by atoms with Crippen molar-refractivity contribution >= 4 is 5.90 Å². The van der Waals surface area contributed by atoms with Crippen molar-refractivity contribution in [1.29, 1.82) is 0 Å². The summed E-state index contributed by atoms with van der Waals surface area (Å²) in [5.74, 6) is 0.606. The molecule has 0 bridgehead atoms. The molecule has 0 aromatic carbocycles. The van der Waals surface area contributed by atoms with Crippen LogP contribution in [0.3, 0.4) is 0 Å². The van der Waals surface area contributed by atoms with Gasteiger partial charge in [0.2, 0.25) is 5.90 Å². The Labute approximate surface area is 35.5 Å². The van der Waals surface area contributed by atoms with Crippen molar-refractivity contribution in [2.75, 3.05) is 6.79 Å². The summed E-state index contributed by atoms with van der Waals surface area (Å²) in [7, 11) is 0. The molecule has 0 unspecified atom stereocenters. The van der Waals surface area contributed by atoms with Gasteiger partial charge in [0.15, 0.2) is 0 Å². The molecule has 1 heterocycles. The molecule has 0 N–H and O–H groups in total. The second-order valence-corrected chi connectivity index (χ2v) is 1.00. The lowest BCUT2D eigenvalue weighted by atomic mass is 10.8. The van der Waals surface area contributed by atoms with E-state index in [1.807, 2.05) is 0 Å². The van der Waals surface area contributed by atoms with Crippen molar-refractivity contribution < 1.29 is 9.57 Å². The minimum absolute atomic E-state index is 0.284. The molecular formula is C3H5NO2. The van der Waals surface area contributed by atoms with Crippen molar-refractivity contribution in [3.8, 4) is 0 Å². The number of rotatable bonds is 0. The predicted octanol–water partition coefficient (Wildman–Crippen LogP) is 0.324. The molecule has 0 atom stereocenters. The quantitative estimate of drug-likeness (QED) is 0.426. The van der Waals surface area contributed by atoms with Crippen LogP contribution in [0.4, 0.5) is 0 Å². The van der Waals surface area contributed by atoms with Crippen molar-refractivity contribution in [3.05, 3.63) is 0 Å². The first kappa shape index (κ1) is 3.46. The highest BCUT2D eigenvalue weighted by Gasteiger charge is 1.97. The van der Waals surface area contributed by atoms with Crippen LogP contribution in [0.15, 0.2) is 5.16 Å². The normalized spacial score (nSPS) is 18.5. The summed E-state index contributed by atoms with van der Waals surface area (Å²) in [6.45, 7) is 2.03. The number of oxime groups is 1. The molecule has 0 saturated carbocycles. The molecule has 0 amide bonds. The molecule has 3 nitrogen and oxygen atoms in total. The van der Waals surface area contributed by atoms with Crippen LogP contribution in [-0.2, 0) is 9.57 Å². The van der Waals surface area contributed by atoms with E-state index in [0.717, 1.165) is 0 Å². The summed E-state index contributed by atoms with van der Waals surface area (Å²) in [5, 5.41) is 3.43. The highest BCUT2D eigenvalue weighted by atomic mass is 16.8. The number of hydrogen-bond donors (Lipinski definition) is 0. The molecule has 34 valence electrons. The lowest BCUT2D eigenvalue weighted by molar-refractivity contribution is 0.0580. The fourth-order valence-corrected chi connectivity index (χ4v) is 0.255. The molecule has 0 fully saturated rings. The van der Waals surface area contributed by atoms with Gasteiger partial charge in [0.25, 0.3) is 6.79 Å². The zero-order valence-electron chi connectivity index (χ0n) is 3.47. The maximum absolute atomic E-state index is 4.68. The van der Waals surface area contributed by atoms with Gasteiger partial charge in [-0.15, -0.1) is 0 Å². The van der Waals surface area contributed by atoms with Gasteiger partial charge in [-0.3, -0.25) is 0 Å². The van der Waals surface area contributed by atoms with E-state index in [9.17, 15) is 0 Å². The van der Waals surface area contributed by atoms with E-state index >= 15 is 0 Å². The van der Waals surface area contributed by atoms with Gasteiger partial charge in [-0.25, -0.2) is 0 Å². The highest BCUT2D eigenvalue weighted by Crippen LogP contribution is 1.91. The molecule has 1 rings (SSSR count). The fraction of sp³-hybridized carbons (Fsp3) is 0.667. The second kappa shape index (κ2) is 1.16. The Bertz CT molecular complexity index is 78.9. The van der Waals surface area contributed by atoms with E-state index in [4.69, 9.17) is 0 Å². The van der Waals surface area contributed by atoms with Crippen molar-refractivity contribution in [3.63, 3.8) is 0 Å². The van der Waals surface area contributed by atoms with Gasteiger partial charge < -0.3 is 9.57 Å². The lowest BCUT2D eigenvalue weighted by Crippen LogP contribution is -1.88. The Morgan fingerprint density at radius 2 is 2.67 bits per heavy atom. The summed E-state index contributed by atoms with van der Waals surface area (Å²) in [4.78, 5) is 4.42. The molecule has 0 radical (unpaired) electrons. The van der Waals surface area contributed by atoms with Gasteiger partial charge in [-0.1, -0.05) is 0 Å². The van der Waals surface area contributed by atoms with E-state index in [0.29, 0.717) is 5.90 Å². The molecular weight excluding hydrogens is 82.0 g/mol. The van der Waals surface area contributed by atoms with E-state index < -0.39 is 0 Å². The van der Waals surface area contributed by atoms with Crippen LogP contribution >= 0.6 is 0 Å². The van der Waals surface area contributed by atoms with Crippen LogP contribution in [0, 0.1) is 0 Å². The third kappa shape index (κ3) is 0.429. The van der Waals surface area contributed by atoms with Crippen molar-refractivity contribution in [2.45, 2.75) is 6.92 Å². The molecule has 6 heavy (non-hydrogen) atoms. The first-order chi connectivity index (χ1) is 2.89. The van der Waals surface area contributed by atoms with Crippen LogP contribution in [-0.4, -0.2) is 12.7 Å². The van der Waals surface area contributed by atoms with Gasteiger partial charge in [0.05, 0.1) is 0 Å². The summed E-state index contributed by atoms with van der Waals surface area (Å²) in [6, 6.07) is 0. The van der Waals surface area contributed by atoms with E-state index in [1.165, 1.54) is 0 Å². The summed E-state index contributed by atoms with van der Waals surface area (Å²) < 4.78 is 4.68. The molecule has 0 aromatic rings. The molecule has 0 saturated heterocycles. The lowest BCUT2D eigenvalue weighted by Gasteiger charge is -1.82. The van der Waals surface area contributed by atoms with Gasteiger partial charge in [0.1, 0.15) is 0 Å². The molecule has 0 aliphatic carbocycles. The van der Waals surface area contributed by atoms with Gasteiger partial charge in [-0.2, -0.15) is 0 Å². The molecule has 1 aliphatic heterocycles. The molecule has 1 aliphatic rings. The first-order valence-corrected chi connectivity index (χ1v) is 1.69. The topological polar surface area (TPSA) is 30.8 Å². The monoisotopic (exact) mass is 87.0 g/mol. The smallest absolute Gasteiger partial charge is 0.257 e. The highest BCUT2D eigenvalue weighted by molar-refractivity contribution is 5.72. The number of nitrogens with zero attached hydrogens (tertiary/aromatic N) is 1. The summed E-state index contributed by atoms with van der Waals surface area (Å²) >= 11 is 0. The third-order valence-corrected chi connectivity index (χ3v) is 0.514. The SMILES string of the molecule is CC1=NOCO1.